The van der Waals surface area contributed by atoms with Gasteiger partial charge in [0.15, 0.2) is 0 Å². The Morgan fingerprint density at radius 2 is 2.50 bits per heavy atom. The summed E-state index contributed by atoms with van der Waals surface area (Å²) in [4.78, 5) is 10.8. The van der Waals surface area contributed by atoms with Crippen molar-refractivity contribution in [1.29, 1.82) is 0 Å². The van der Waals surface area contributed by atoms with E-state index in [4.69, 9.17) is 5.73 Å². The molecule has 3 N–H and O–H groups in total. The molecule has 0 amide bonds. The minimum atomic E-state index is 0.316. The van der Waals surface area contributed by atoms with E-state index in [1.54, 1.807) is 0 Å². The van der Waals surface area contributed by atoms with Gasteiger partial charge in [-0.15, -0.1) is 0 Å². The lowest BCUT2D eigenvalue weighted by molar-refractivity contribution is -0.118. The summed E-state index contributed by atoms with van der Waals surface area (Å²) in [5, 5.41) is 3.07. The third kappa shape index (κ3) is 2.08. The molecule has 1 saturated heterocycles. The molecular weight excluding hydrogens is 128 g/mol. The smallest absolute Gasteiger partial charge is 0.146 e. The first-order valence-corrected chi connectivity index (χ1v) is 3.75. The van der Waals surface area contributed by atoms with Crippen molar-refractivity contribution in [2.24, 2.45) is 11.7 Å². The fourth-order valence-electron chi connectivity index (χ4n) is 1.17. The Bertz CT molecular complexity index is 125. The van der Waals surface area contributed by atoms with E-state index in [9.17, 15) is 4.79 Å². The van der Waals surface area contributed by atoms with Crippen LogP contribution in [0.4, 0.5) is 0 Å². The molecule has 10 heavy (non-hydrogen) atoms. The van der Waals surface area contributed by atoms with Gasteiger partial charge in [0.1, 0.15) is 5.78 Å². The van der Waals surface area contributed by atoms with Crippen molar-refractivity contribution in [1.82, 2.24) is 5.32 Å². The molecule has 0 bridgehead atoms. The van der Waals surface area contributed by atoms with Crippen LogP contribution in [0.25, 0.3) is 0 Å². The van der Waals surface area contributed by atoms with Gasteiger partial charge in [0.2, 0.25) is 0 Å². The summed E-state index contributed by atoms with van der Waals surface area (Å²) in [6.45, 7) is 2.14. The van der Waals surface area contributed by atoms with Gasteiger partial charge in [-0.2, -0.15) is 0 Å². The molecule has 3 nitrogen and oxygen atoms in total. The lowest BCUT2D eigenvalue weighted by Gasteiger charge is -2.08. The largest absolute Gasteiger partial charge is 0.330 e. The second-order valence-corrected chi connectivity index (χ2v) is 2.81. The second kappa shape index (κ2) is 3.68. The molecule has 1 rings (SSSR count). The highest BCUT2D eigenvalue weighted by atomic mass is 16.1. The Balaban J connectivity index is 2.33. The molecule has 0 aromatic heterocycles. The number of carbonyl (C=O) groups excluding carboxylic acids is 1. The second-order valence-electron chi connectivity index (χ2n) is 2.81. The molecule has 3 heteroatoms. The monoisotopic (exact) mass is 142 g/mol. The van der Waals surface area contributed by atoms with Gasteiger partial charge >= 0.3 is 0 Å². The van der Waals surface area contributed by atoms with E-state index in [2.05, 4.69) is 5.32 Å². The molecule has 0 aromatic rings. The van der Waals surface area contributed by atoms with Crippen molar-refractivity contribution in [2.75, 3.05) is 19.6 Å². The maximum absolute atomic E-state index is 10.8. The summed E-state index contributed by atoms with van der Waals surface area (Å²) < 4.78 is 0. The van der Waals surface area contributed by atoms with Gasteiger partial charge in [0.05, 0.1) is 6.54 Å². The van der Waals surface area contributed by atoms with Crippen LogP contribution in [0.5, 0.6) is 0 Å². The van der Waals surface area contributed by atoms with E-state index in [0.29, 0.717) is 31.2 Å². The van der Waals surface area contributed by atoms with Crippen molar-refractivity contribution < 1.29 is 4.79 Å². The van der Waals surface area contributed by atoms with Crippen molar-refractivity contribution in [3.05, 3.63) is 0 Å². The van der Waals surface area contributed by atoms with Gasteiger partial charge in [0.25, 0.3) is 0 Å². The van der Waals surface area contributed by atoms with E-state index < -0.39 is 0 Å². The van der Waals surface area contributed by atoms with Crippen molar-refractivity contribution in [3.63, 3.8) is 0 Å². The van der Waals surface area contributed by atoms with Crippen molar-refractivity contribution in [3.8, 4) is 0 Å². The summed E-state index contributed by atoms with van der Waals surface area (Å²) in [5.74, 6) is 0.822. The molecule has 0 radical (unpaired) electrons. The molecule has 1 unspecified atom stereocenters. The van der Waals surface area contributed by atoms with E-state index in [0.717, 1.165) is 13.0 Å². The third-order valence-corrected chi connectivity index (χ3v) is 1.92. The Morgan fingerprint density at radius 1 is 1.70 bits per heavy atom. The highest BCUT2D eigenvalue weighted by Gasteiger charge is 2.13. The maximum Gasteiger partial charge on any atom is 0.146 e. The Kier molecular flexibility index (Phi) is 2.83. The zero-order chi connectivity index (χ0) is 7.40. The van der Waals surface area contributed by atoms with E-state index >= 15 is 0 Å². The van der Waals surface area contributed by atoms with E-state index in [-0.39, 0.29) is 0 Å². The molecule has 1 aliphatic rings. The lowest BCUT2D eigenvalue weighted by Crippen LogP contribution is -2.27. The van der Waals surface area contributed by atoms with Crippen molar-refractivity contribution >= 4 is 5.78 Å². The van der Waals surface area contributed by atoms with Gasteiger partial charge in [-0.3, -0.25) is 4.79 Å². The van der Waals surface area contributed by atoms with Crippen LogP contribution < -0.4 is 11.1 Å². The van der Waals surface area contributed by atoms with Crippen LogP contribution in [0.2, 0.25) is 0 Å². The Labute approximate surface area is 61.0 Å². The first kappa shape index (κ1) is 7.69. The summed E-state index contributed by atoms with van der Waals surface area (Å²) in [7, 11) is 0. The highest BCUT2D eigenvalue weighted by molar-refractivity contribution is 5.80. The average Bonchev–Trinajstić information content (AvgIpc) is 2.14. The van der Waals surface area contributed by atoms with Gasteiger partial charge in [-0.25, -0.2) is 0 Å². The van der Waals surface area contributed by atoms with Crippen LogP contribution >= 0.6 is 0 Å². The number of nitrogens with two attached hydrogens (primary N) is 1. The van der Waals surface area contributed by atoms with E-state index in [1.165, 1.54) is 0 Å². The molecule has 1 aliphatic heterocycles. The maximum atomic E-state index is 10.8. The number of rotatable bonds is 1. The Morgan fingerprint density at radius 3 is 3.20 bits per heavy atom. The third-order valence-electron chi connectivity index (χ3n) is 1.92. The summed E-state index contributed by atoms with van der Waals surface area (Å²) in [6, 6.07) is 0. The molecule has 0 spiro atoms. The SMILES string of the molecule is NCC1CCC(=O)CNC1. The lowest BCUT2D eigenvalue weighted by atomic mass is 10.0. The quantitative estimate of drug-likeness (QED) is 0.519. The zero-order valence-electron chi connectivity index (χ0n) is 6.10. The van der Waals surface area contributed by atoms with Gasteiger partial charge in [-0.1, -0.05) is 0 Å². The Hall–Kier alpha value is -0.410. The van der Waals surface area contributed by atoms with Crippen LogP contribution in [0, 0.1) is 5.92 Å². The van der Waals surface area contributed by atoms with Crippen molar-refractivity contribution in [2.45, 2.75) is 12.8 Å². The average molecular weight is 142 g/mol. The van der Waals surface area contributed by atoms with E-state index in [1.807, 2.05) is 0 Å². The molecule has 58 valence electrons. The molecular formula is C7H14N2O. The number of ketones is 1. The number of carbonyl (C=O) groups is 1. The summed E-state index contributed by atoms with van der Waals surface area (Å²) in [5.41, 5.74) is 5.47. The summed E-state index contributed by atoms with van der Waals surface area (Å²) >= 11 is 0. The topological polar surface area (TPSA) is 55.1 Å². The zero-order valence-corrected chi connectivity index (χ0v) is 6.10. The summed E-state index contributed by atoms with van der Waals surface area (Å²) in [6.07, 6.45) is 1.66. The molecule has 0 aromatic carbocycles. The number of Topliss-reactive ketones (excluding diaryl/α,β-unsaturated/α-hetero) is 1. The molecule has 1 atom stereocenters. The van der Waals surface area contributed by atoms with Crippen LogP contribution in [0.1, 0.15) is 12.8 Å². The fourth-order valence-corrected chi connectivity index (χ4v) is 1.17. The van der Waals surface area contributed by atoms with Crippen LogP contribution in [-0.2, 0) is 4.79 Å². The molecule has 1 fully saturated rings. The molecule has 0 saturated carbocycles. The first-order chi connectivity index (χ1) is 4.83. The predicted molar refractivity (Wildman–Crippen MR) is 39.7 cm³/mol. The molecule has 1 heterocycles. The van der Waals surface area contributed by atoms with Crippen LogP contribution in [-0.4, -0.2) is 25.4 Å². The number of nitrogens with one attached hydrogen (secondary N) is 1. The standard InChI is InChI=1S/C7H14N2O/c8-3-6-1-2-7(10)5-9-4-6/h6,9H,1-5,8H2. The van der Waals surface area contributed by atoms with Gasteiger partial charge < -0.3 is 11.1 Å². The van der Waals surface area contributed by atoms with Gasteiger partial charge in [-0.05, 0) is 25.4 Å². The predicted octanol–water partition coefficient (Wildman–Crippen LogP) is -0.486. The number of hydrogen-bond acceptors (Lipinski definition) is 3. The van der Waals surface area contributed by atoms with Crippen LogP contribution in [0.15, 0.2) is 0 Å². The molecule has 0 aliphatic carbocycles. The van der Waals surface area contributed by atoms with Gasteiger partial charge in [0, 0.05) is 6.42 Å². The first-order valence-electron chi connectivity index (χ1n) is 3.75. The minimum absolute atomic E-state index is 0.316. The normalized spacial score (nSPS) is 28.1. The van der Waals surface area contributed by atoms with Crippen LogP contribution in [0.3, 0.4) is 0 Å². The number of hydrogen-bond donors (Lipinski definition) is 2. The highest BCUT2D eigenvalue weighted by Crippen LogP contribution is 2.06. The minimum Gasteiger partial charge on any atom is -0.330 e. The fraction of sp³-hybridized carbons (Fsp3) is 0.857.